The van der Waals surface area contributed by atoms with E-state index in [1.54, 1.807) is 0 Å². The Hall–Kier alpha value is -1.06. The van der Waals surface area contributed by atoms with Crippen molar-refractivity contribution in [3.8, 4) is 0 Å². The molecular weight excluding hydrogens is 242 g/mol. The third kappa shape index (κ3) is 5.21. The first-order valence-corrected chi connectivity index (χ1v) is 7.15. The molecule has 4 heteroatoms. The maximum Gasteiger partial charge on any atom is 0.305 e. The van der Waals surface area contributed by atoms with Gasteiger partial charge in [-0.3, -0.25) is 9.59 Å². The summed E-state index contributed by atoms with van der Waals surface area (Å²) in [5, 5.41) is 11.9. The van der Waals surface area contributed by atoms with Crippen molar-refractivity contribution in [1.82, 2.24) is 5.32 Å². The van der Waals surface area contributed by atoms with Gasteiger partial charge in [0.2, 0.25) is 5.91 Å². The van der Waals surface area contributed by atoms with Gasteiger partial charge in [-0.2, -0.15) is 0 Å². The van der Waals surface area contributed by atoms with Crippen molar-refractivity contribution in [2.45, 2.75) is 72.3 Å². The zero-order valence-electron chi connectivity index (χ0n) is 12.6. The molecule has 110 valence electrons. The molecule has 0 radical (unpaired) electrons. The summed E-state index contributed by atoms with van der Waals surface area (Å²) in [5.41, 5.74) is -0.293. The number of aliphatic carboxylic acids is 1. The fraction of sp³-hybridized carbons (Fsp3) is 0.867. The Morgan fingerprint density at radius 1 is 1.26 bits per heavy atom. The third-order valence-corrected chi connectivity index (χ3v) is 3.87. The molecule has 1 rings (SSSR count). The zero-order valence-corrected chi connectivity index (χ0v) is 12.6. The normalized spacial score (nSPS) is 20.0. The Kier molecular flexibility index (Phi) is 4.99. The highest BCUT2D eigenvalue weighted by atomic mass is 16.4. The maximum absolute atomic E-state index is 12.3. The van der Waals surface area contributed by atoms with Gasteiger partial charge >= 0.3 is 5.97 Å². The second kappa shape index (κ2) is 5.93. The number of nitrogens with one attached hydrogen (secondary N) is 1. The Morgan fingerprint density at radius 2 is 1.79 bits per heavy atom. The van der Waals surface area contributed by atoms with Gasteiger partial charge in [-0.1, -0.05) is 40.5 Å². The van der Waals surface area contributed by atoms with Crippen molar-refractivity contribution in [1.29, 1.82) is 0 Å². The van der Waals surface area contributed by atoms with Crippen LogP contribution in [0.1, 0.15) is 66.2 Å². The summed E-state index contributed by atoms with van der Waals surface area (Å²) < 4.78 is 0. The van der Waals surface area contributed by atoms with Crippen LogP contribution >= 0.6 is 0 Å². The van der Waals surface area contributed by atoms with E-state index in [1.165, 1.54) is 0 Å². The molecule has 0 aliphatic heterocycles. The highest BCUT2D eigenvalue weighted by Crippen LogP contribution is 2.38. The Morgan fingerprint density at radius 3 is 2.21 bits per heavy atom. The zero-order chi connectivity index (χ0) is 14.7. The Bertz CT molecular complexity index is 338. The van der Waals surface area contributed by atoms with Gasteiger partial charge in [0.15, 0.2) is 0 Å². The second-order valence-electron chi connectivity index (χ2n) is 7.30. The lowest BCUT2D eigenvalue weighted by atomic mass is 9.84. The summed E-state index contributed by atoms with van der Waals surface area (Å²) in [6.07, 6.45) is 4.68. The quantitative estimate of drug-likeness (QED) is 0.806. The minimum Gasteiger partial charge on any atom is -0.481 e. The van der Waals surface area contributed by atoms with Crippen LogP contribution in [0.2, 0.25) is 0 Å². The lowest BCUT2D eigenvalue weighted by molar-refractivity contribution is -0.138. The van der Waals surface area contributed by atoms with Crippen LogP contribution in [-0.4, -0.2) is 23.0 Å². The van der Waals surface area contributed by atoms with E-state index in [-0.39, 0.29) is 29.2 Å². The molecule has 1 aliphatic rings. The molecule has 4 nitrogen and oxygen atoms in total. The molecule has 2 N–H and O–H groups in total. The monoisotopic (exact) mass is 269 g/mol. The highest BCUT2D eigenvalue weighted by Gasteiger charge is 2.37. The van der Waals surface area contributed by atoms with Crippen molar-refractivity contribution < 1.29 is 14.7 Å². The number of hydrogen-bond donors (Lipinski definition) is 2. The number of hydrogen-bond acceptors (Lipinski definition) is 2. The summed E-state index contributed by atoms with van der Waals surface area (Å²) in [5.74, 6) is -0.827. The molecule has 0 saturated heterocycles. The van der Waals surface area contributed by atoms with Crippen molar-refractivity contribution in [2.75, 3.05) is 0 Å². The molecule has 0 aromatic heterocycles. The van der Waals surface area contributed by atoms with E-state index in [0.29, 0.717) is 6.42 Å². The van der Waals surface area contributed by atoms with Gasteiger partial charge in [0.25, 0.3) is 0 Å². The molecule has 0 bridgehead atoms. The van der Waals surface area contributed by atoms with Gasteiger partial charge in [0, 0.05) is 11.5 Å². The van der Waals surface area contributed by atoms with Gasteiger partial charge in [-0.15, -0.1) is 0 Å². The number of carboxylic acid groups (broad SMARTS) is 1. The fourth-order valence-electron chi connectivity index (χ4n) is 2.87. The molecule has 1 saturated carbocycles. The smallest absolute Gasteiger partial charge is 0.305 e. The SMILES string of the molecule is CC(C)(C)CC(CC(=O)O)NC(=O)C1(C)CCCC1. The Labute approximate surface area is 116 Å². The average Bonchev–Trinajstić information content (AvgIpc) is 2.62. The summed E-state index contributed by atoms with van der Waals surface area (Å²) in [4.78, 5) is 23.3. The fourth-order valence-corrected chi connectivity index (χ4v) is 2.87. The lowest BCUT2D eigenvalue weighted by Gasteiger charge is -2.30. The first-order chi connectivity index (χ1) is 8.62. The molecule has 0 heterocycles. The van der Waals surface area contributed by atoms with Gasteiger partial charge in [0.1, 0.15) is 0 Å². The number of carbonyl (C=O) groups excluding carboxylic acids is 1. The van der Waals surface area contributed by atoms with Crippen molar-refractivity contribution >= 4 is 11.9 Å². The minimum atomic E-state index is -0.855. The highest BCUT2D eigenvalue weighted by molar-refractivity contribution is 5.83. The average molecular weight is 269 g/mol. The van der Waals surface area contributed by atoms with E-state index in [2.05, 4.69) is 26.1 Å². The number of carbonyl (C=O) groups is 2. The van der Waals surface area contributed by atoms with E-state index in [4.69, 9.17) is 5.11 Å². The van der Waals surface area contributed by atoms with Crippen LogP contribution in [0.5, 0.6) is 0 Å². The molecule has 19 heavy (non-hydrogen) atoms. The first-order valence-electron chi connectivity index (χ1n) is 7.15. The van der Waals surface area contributed by atoms with E-state index in [9.17, 15) is 9.59 Å². The summed E-state index contributed by atoms with van der Waals surface area (Å²) >= 11 is 0. The third-order valence-electron chi connectivity index (χ3n) is 3.87. The molecule has 0 spiro atoms. The molecule has 1 aliphatic carbocycles. The van der Waals surface area contributed by atoms with E-state index in [1.807, 2.05) is 6.92 Å². The summed E-state index contributed by atoms with van der Waals surface area (Å²) in [6, 6.07) is -0.276. The lowest BCUT2D eigenvalue weighted by Crippen LogP contribution is -2.45. The molecule has 1 atom stereocenters. The molecule has 0 aromatic carbocycles. The largest absolute Gasteiger partial charge is 0.481 e. The van der Waals surface area contributed by atoms with Gasteiger partial charge in [-0.25, -0.2) is 0 Å². The van der Waals surface area contributed by atoms with E-state index < -0.39 is 5.97 Å². The van der Waals surface area contributed by atoms with Crippen molar-refractivity contribution in [2.24, 2.45) is 10.8 Å². The van der Waals surface area contributed by atoms with Crippen LogP contribution < -0.4 is 5.32 Å². The van der Waals surface area contributed by atoms with E-state index >= 15 is 0 Å². The summed E-state index contributed by atoms with van der Waals surface area (Å²) in [7, 11) is 0. The van der Waals surface area contributed by atoms with Crippen LogP contribution in [-0.2, 0) is 9.59 Å². The maximum atomic E-state index is 12.3. The number of carboxylic acids is 1. The van der Waals surface area contributed by atoms with Crippen LogP contribution in [0, 0.1) is 10.8 Å². The van der Waals surface area contributed by atoms with Gasteiger partial charge in [-0.05, 0) is 24.7 Å². The predicted octanol–water partition coefficient (Wildman–Crippen LogP) is 2.96. The molecule has 1 fully saturated rings. The molecule has 1 unspecified atom stereocenters. The predicted molar refractivity (Wildman–Crippen MR) is 74.8 cm³/mol. The minimum absolute atomic E-state index is 0.000903. The molecular formula is C15H27NO3. The molecule has 0 aromatic rings. The second-order valence-corrected chi connectivity index (χ2v) is 7.30. The first kappa shape index (κ1) is 16.0. The van der Waals surface area contributed by atoms with Gasteiger partial charge in [0.05, 0.1) is 6.42 Å². The van der Waals surface area contributed by atoms with Crippen molar-refractivity contribution in [3.05, 3.63) is 0 Å². The van der Waals surface area contributed by atoms with Crippen LogP contribution in [0.25, 0.3) is 0 Å². The number of rotatable bonds is 5. The van der Waals surface area contributed by atoms with Crippen LogP contribution in [0.3, 0.4) is 0 Å². The molecule has 1 amide bonds. The summed E-state index contributed by atoms with van der Waals surface area (Å²) in [6.45, 7) is 8.17. The van der Waals surface area contributed by atoms with Crippen molar-refractivity contribution in [3.63, 3.8) is 0 Å². The van der Waals surface area contributed by atoms with Crippen LogP contribution in [0.4, 0.5) is 0 Å². The topological polar surface area (TPSA) is 66.4 Å². The number of amides is 1. The van der Waals surface area contributed by atoms with Gasteiger partial charge < -0.3 is 10.4 Å². The Balaban J connectivity index is 2.65. The van der Waals surface area contributed by atoms with Crippen LogP contribution in [0.15, 0.2) is 0 Å². The van der Waals surface area contributed by atoms with E-state index in [0.717, 1.165) is 25.7 Å². The standard InChI is InChI=1S/C15H27NO3/c1-14(2,3)10-11(9-12(17)18)16-13(19)15(4)7-5-6-8-15/h11H,5-10H2,1-4H3,(H,16,19)(H,17,18).